The van der Waals surface area contributed by atoms with Crippen LogP contribution in [0, 0.1) is 0 Å². The number of benzene rings is 1. The zero-order chi connectivity index (χ0) is 19.8. The van der Waals surface area contributed by atoms with Crippen LogP contribution in [-0.4, -0.2) is 23.3 Å². The van der Waals surface area contributed by atoms with E-state index in [1.807, 2.05) is 36.4 Å². The molecule has 7 heteroatoms. The molecule has 1 aromatic heterocycles. The fraction of sp³-hybridized carbons (Fsp3) is 0.238. The monoisotopic (exact) mass is 415 g/mol. The van der Waals surface area contributed by atoms with Gasteiger partial charge in [0.2, 0.25) is 0 Å². The SMILES string of the molecule is C=CCS/C(SCc1ccc2c(c1)OOC2)=C(/C(=O)OCC)c1cccnc1. The van der Waals surface area contributed by atoms with Gasteiger partial charge in [0.05, 0.1) is 16.4 Å². The average Bonchev–Trinajstić information content (AvgIpc) is 3.18. The van der Waals surface area contributed by atoms with Crippen molar-refractivity contribution in [3.05, 3.63) is 76.3 Å². The van der Waals surface area contributed by atoms with Crippen LogP contribution in [0.1, 0.15) is 23.6 Å². The molecule has 1 aliphatic rings. The van der Waals surface area contributed by atoms with Gasteiger partial charge in [-0.25, -0.2) is 4.79 Å². The molecular weight excluding hydrogens is 394 g/mol. The predicted molar refractivity (Wildman–Crippen MR) is 114 cm³/mol. The summed E-state index contributed by atoms with van der Waals surface area (Å²) in [6.45, 7) is 6.38. The Bertz CT molecular complexity index is 868. The molecule has 0 radical (unpaired) electrons. The highest BCUT2D eigenvalue weighted by atomic mass is 32.2. The van der Waals surface area contributed by atoms with Gasteiger partial charge in [-0.05, 0) is 24.6 Å². The van der Waals surface area contributed by atoms with Gasteiger partial charge in [0, 0.05) is 35.0 Å². The van der Waals surface area contributed by atoms with Crippen molar-refractivity contribution in [2.24, 2.45) is 0 Å². The second-order valence-electron chi connectivity index (χ2n) is 5.80. The van der Waals surface area contributed by atoms with Crippen LogP contribution in [0.4, 0.5) is 0 Å². The van der Waals surface area contributed by atoms with E-state index in [0.29, 0.717) is 30.3 Å². The van der Waals surface area contributed by atoms with Gasteiger partial charge < -0.3 is 9.62 Å². The number of rotatable bonds is 9. The lowest BCUT2D eigenvalue weighted by molar-refractivity contribution is -0.194. The van der Waals surface area contributed by atoms with Gasteiger partial charge in [-0.1, -0.05) is 24.3 Å². The summed E-state index contributed by atoms with van der Waals surface area (Å²) in [7, 11) is 0. The lowest BCUT2D eigenvalue weighted by atomic mass is 10.1. The van der Waals surface area contributed by atoms with Crippen molar-refractivity contribution < 1.29 is 19.3 Å². The molecule has 0 atom stereocenters. The molecule has 0 spiro atoms. The van der Waals surface area contributed by atoms with Crippen LogP contribution in [0.3, 0.4) is 0 Å². The normalized spacial score (nSPS) is 13.3. The van der Waals surface area contributed by atoms with Crippen LogP contribution in [0.5, 0.6) is 5.75 Å². The smallest absolute Gasteiger partial charge is 0.340 e. The van der Waals surface area contributed by atoms with Gasteiger partial charge in [0.1, 0.15) is 6.61 Å². The number of carbonyl (C=O) groups excluding carboxylic acids is 1. The minimum absolute atomic E-state index is 0.314. The van der Waals surface area contributed by atoms with E-state index in [2.05, 4.69) is 11.6 Å². The number of esters is 1. The largest absolute Gasteiger partial charge is 0.462 e. The van der Waals surface area contributed by atoms with Crippen molar-refractivity contribution in [3.63, 3.8) is 0 Å². The first kappa shape index (κ1) is 20.5. The number of fused-ring (bicyclic) bond motifs is 1. The molecule has 0 saturated carbocycles. The molecule has 0 unspecified atom stereocenters. The van der Waals surface area contributed by atoms with E-state index in [1.54, 1.807) is 42.8 Å². The Morgan fingerprint density at radius 3 is 3.00 bits per heavy atom. The van der Waals surface area contributed by atoms with E-state index >= 15 is 0 Å². The van der Waals surface area contributed by atoms with Crippen molar-refractivity contribution in [2.75, 3.05) is 12.4 Å². The van der Waals surface area contributed by atoms with Crippen molar-refractivity contribution in [1.29, 1.82) is 0 Å². The van der Waals surface area contributed by atoms with Crippen molar-refractivity contribution in [1.82, 2.24) is 4.98 Å². The predicted octanol–water partition coefficient (Wildman–Crippen LogP) is 4.99. The molecule has 0 fully saturated rings. The van der Waals surface area contributed by atoms with Crippen LogP contribution in [0.15, 0.2) is 59.6 Å². The molecule has 0 N–H and O–H groups in total. The second kappa shape index (κ2) is 10.4. The molecule has 0 aliphatic carbocycles. The lowest BCUT2D eigenvalue weighted by Gasteiger charge is -2.14. The Hall–Kier alpha value is -2.22. The summed E-state index contributed by atoms with van der Waals surface area (Å²) < 4.78 is 6.20. The third kappa shape index (κ3) is 5.19. The number of pyridine rings is 1. The van der Waals surface area contributed by atoms with E-state index in [1.165, 1.54) is 0 Å². The van der Waals surface area contributed by atoms with Gasteiger partial charge in [0.15, 0.2) is 5.75 Å². The fourth-order valence-corrected chi connectivity index (χ4v) is 4.70. The Kier molecular flexibility index (Phi) is 7.59. The fourth-order valence-electron chi connectivity index (χ4n) is 2.54. The maximum atomic E-state index is 12.7. The van der Waals surface area contributed by atoms with Crippen molar-refractivity contribution in [3.8, 4) is 5.75 Å². The minimum atomic E-state index is -0.347. The highest BCUT2D eigenvalue weighted by Gasteiger charge is 2.21. The number of nitrogens with zero attached hydrogens (tertiary/aromatic N) is 1. The number of thioether (sulfide) groups is 2. The van der Waals surface area contributed by atoms with E-state index < -0.39 is 0 Å². The summed E-state index contributed by atoms with van der Waals surface area (Å²) in [6, 6.07) is 9.71. The van der Waals surface area contributed by atoms with Gasteiger partial charge in [-0.15, -0.1) is 30.1 Å². The lowest BCUT2D eigenvalue weighted by Crippen LogP contribution is -2.08. The minimum Gasteiger partial charge on any atom is -0.462 e. The second-order valence-corrected chi connectivity index (χ2v) is 8.07. The van der Waals surface area contributed by atoms with E-state index in [4.69, 9.17) is 14.5 Å². The zero-order valence-electron chi connectivity index (χ0n) is 15.6. The summed E-state index contributed by atoms with van der Waals surface area (Å²) >= 11 is 3.15. The van der Waals surface area contributed by atoms with Crippen LogP contribution < -0.4 is 4.89 Å². The molecule has 0 saturated heterocycles. The molecular formula is C21H21NO4S2. The topological polar surface area (TPSA) is 57.7 Å². The summed E-state index contributed by atoms with van der Waals surface area (Å²) in [5.41, 5.74) is 3.40. The summed E-state index contributed by atoms with van der Waals surface area (Å²) in [6.07, 6.45) is 5.18. The number of hydrogen-bond acceptors (Lipinski definition) is 7. The van der Waals surface area contributed by atoms with Gasteiger partial charge in [-0.2, -0.15) is 4.89 Å². The van der Waals surface area contributed by atoms with E-state index in [9.17, 15) is 4.79 Å². The molecule has 0 bridgehead atoms. The molecule has 2 heterocycles. The van der Waals surface area contributed by atoms with E-state index in [0.717, 1.165) is 26.7 Å². The zero-order valence-corrected chi connectivity index (χ0v) is 17.2. The Balaban J connectivity index is 1.90. The molecule has 1 aliphatic heterocycles. The first-order valence-electron chi connectivity index (χ1n) is 8.82. The molecule has 146 valence electrons. The summed E-state index contributed by atoms with van der Waals surface area (Å²) in [5.74, 6) is 1.77. The summed E-state index contributed by atoms with van der Waals surface area (Å²) in [5, 5.41) is 0. The van der Waals surface area contributed by atoms with Crippen molar-refractivity contribution in [2.45, 2.75) is 19.3 Å². The third-order valence-electron chi connectivity index (χ3n) is 3.83. The maximum Gasteiger partial charge on any atom is 0.340 e. The van der Waals surface area contributed by atoms with Gasteiger partial charge >= 0.3 is 5.97 Å². The van der Waals surface area contributed by atoms with Crippen LogP contribution >= 0.6 is 23.5 Å². The quantitative estimate of drug-likeness (QED) is 0.247. The molecule has 5 nitrogen and oxygen atoms in total. The van der Waals surface area contributed by atoms with Crippen LogP contribution in [-0.2, 0) is 26.8 Å². The maximum absolute atomic E-state index is 12.7. The van der Waals surface area contributed by atoms with Crippen molar-refractivity contribution >= 4 is 35.1 Å². The molecule has 2 aromatic rings. The average molecular weight is 416 g/mol. The highest BCUT2D eigenvalue weighted by Crippen LogP contribution is 2.39. The number of carbonyl (C=O) groups is 1. The summed E-state index contributed by atoms with van der Waals surface area (Å²) in [4.78, 5) is 27.1. The van der Waals surface area contributed by atoms with Crippen LogP contribution in [0.25, 0.3) is 5.57 Å². The number of aromatic nitrogens is 1. The Morgan fingerprint density at radius 1 is 1.36 bits per heavy atom. The number of ether oxygens (including phenoxy) is 1. The molecule has 28 heavy (non-hydrogen) atoms. The molecule has 3 rings (SSSR count). The molecule has 0 amide bonds. The van der Waals surface area contributed by atoms with Gasteiger partial charge in [-0.3, -0.25) is 4.98 Å². The Labute approximate surface area is 173 Å². The first-order chi connectivity index (χ1) is 13.7. The van der Waals surface area contributed by atoms with Crippen LogP contribution in [0.2, 0.25) is 0 Å². The Morgan fingerprint density at radius 2 is 2.25 bits per heavy atom. The highest BCUT2D eigenvalue weighted by molar-refractivity contribution is 8.22. The first-order valence-corrected chi connectivity index (χ1v) is 10.8. The third-order valence-corrected chi connectivity index (χ3v) is 6.35. The van der Waals surface area contributed by atoms with Gasteiger partial charge in [0.25, 0.3) is 0 Å². The standard InChI is InChI=1S/C21H21NO4S2/c1-3-10-27-21(19(20(23)24-4-2)16-6-5-9-22-12-16)28-14-15-7-8-17-13-25-26-18(17)11-15/h3,5-9,11-12H,1,4,10,13-14H2,2H3/b21-19-. The molecule has 1 aromatic carbocycles. The number of hydrogen-bond donors (Lipinski definition) is 0. The van der Waals surface area contributed by atoms with E-state index in [-0.39, 0.29) is 5.97 Å².